The molecule has 0 aromatic heterocycles. The third kappa shape index (κ3) is 3.56. The molecule has 1 aliphatic carbocycles. The average Bonchev–Trinajstić information content (AvgIpc) is 2.80. The van der Waals surface area contributed by atoms with Crippen molar-refractivity contribution in [1.29, 1.82) is 0 Å². The second-order valence-electron chi connectivity index (χ2n) is 7.13. The molecule has 0 N–H and O–H groups in total. The lowest BCUT2D eigenvalue weighted by atomic mass is 9.79. The third-order valence-corrected chi connectivity index (χ3v) is 4.59. The molecule has 128 valence electrons. The summed E-state index contributed by atoms with van der Waals surface area (Å²) in [7, 11) is 1.30. The first-order valence-corrected chi connectivity index (χ1v) is 7.95. The Labute approximate surface area is 137 Å². The highest BCUT2D eigenvalue weighted by atomic mass is 16.7. The molecular weight excluding hydrogens is 296 g/mol. The highest BCUT2D eigenvalue weighted by molar-refractivity contribution is 6.19. The molecule has 0 amide bonds. The molecule has 2 aliphatic rings. The van der Waals surface area contributed by atoms with E-state index in [4.69, 9.17) is 14.2 Å². The number of hydrogen-bond acceptors (Lipinski definition) is 5. The number of hydrogen-bond donors (Lipinski definition) is 0. The minimum atomic E-state index is -0.704. The summed E-state index contributed by atoms with van der Waals surface area (Å²) in [5, 5.41) is 0. The van der Waals surface area contributed by atoms with Crippen molar-refractivity contribution >= 4 is 11.8 Å². The predicted octanol–water partition coefficient (Wildman–Crippen LogP) is 2.94. The SMILES string of the molecule is C=C[C@@H]1OC(C)(C)OC(C)(C)[C@H]1CC1=C(C(=O)OC)C(=O)CC1. The van der Waals surface area contributed by atoms with Crippen molar-refractivity contribution in [3.8, 4) is 0 Å². The van der Waals surface area contributed by atoms with Crippen molar-refractivity contribution in [3.63, 3.8) is 0 Å². The van der Waals surface area contributed by atoms with Crippen LogP contribution in [-0.2, 0) is 23.8 Å². The number of carbonyl (C=O) groups is 2. The van der Waals surface area contributed by atoms with E-state index in [9.17, 15) is 9.59 Å². The molecule has 0 radical (unpaired) electrons. The summed E-state index contributed by atoms with van der Waals surface area (Å²) in [5.41, 5.74) is 0.565. The molecule has 1 fully saturated rings. The molecule has 2 rings (SSSR count). The Morgan fingerprint density at radius 2 is 2.00 bits per heavy atom. The van der Waals surface area contributed by atoms with E-state index in [0.717, 1.165) is 5.57 Å². The lowest BCUT2D eigenvalue weighted by Gasteiger charge is -2.50. The minimum absolute atomic E-state index is 0.0337. The Morgan fingerprint density at radius 1 is 1.35 bits per heavy atom. The zero-order valence-electron chi connectivity index (χ0n) is 14.6. The largest absolute Gasteiger partial charge is 0.465 e. The van der Waals surface area contributed by atoms with E-state index in [2.05, 4.69) is 6.58 Å². The number of carbonyl (C=O) groups excluding carboxylic acids is 2. The van der Waals surface area contributed by atoms with E-state index < -0.39 is 17.4 Å². The van der Waals surface area contributed by atoms with Crippen molar-refractivity contribution in [2.24, 2.45) is 5.92 Å². The van der Waals surface area contributed by atoms with Crippen LogP contribution in [0.25, 0.3) is 0 Å². The van der Waals surface area contributed by atoms with Gasteiger partial charge in [0.05, 0.1) is 18.8 Å². The Bertz CT molecular complexity index is 556. The molecule has 1 saturated heterocycles. The Hall–Kier alpha value is -1.46. The fourth-order valence-electron chi connectivity index (χ4n) is 3.65. The van der Waals surface area contributed by atoms with Crippen molar-refractivity contribution < 1.29 is 23.8 Å². The fraction of sp³-hybridized carbons (Fsp3) is 0.667. The lowest BCUT2D eigenvalue weighted by molar-refractivity contribution is -0.339. The van der Waals surface area contributed by atoms with Gasteiger partial charge in [-0.2, -0.15) is 0 Å². The zero-order chi connectivity index (χ0) is 17.4. The molecular formula is C18H26O5. The number of ketones is 1. The minimum Gasteiger partial charge on any atom is -0.465 e. The second kappa shape index (κ2) is 6.21. The summed E-state index contributed by atoms with van der Waals surface area (Å²) in [5.74, 6) is -1.43. The summed E-state index contributed by atoms with van der Waals surface area (Å²) in [6.07, 6.45) is 3.06. The van der Waals surface area contributed by atoms with Gasteiger partial charge in [0.25, 0.3) is 0 Å². The summed E-state index contributed by atoms with van der Waals surface area (Å²) >= 11 is 0. The third-order valence-electron chi connectivity index (χ3n) is 4.59. The molecule has 0 unspecified atom stereocenters. The zero-order valence-corrected chi connectivity index (χ0v) is 14.6. The van der Waals surface area contributed by atoms with Gasteiger partial charge in [-0.3, -0.25) is 4.79 Å². The van der Waals surface area contributed by atoms with Crippen LogP contribution in [0.2, 0.25) is 0 Å². The van der Waals surface area contributed by atoms with Gasteiger partial charge in [0.2, 0.25) is 0 Å². The molecule has 23 heavy (non-hydrogen) atoms. The topological polar surface area (TPSA) is 61.8 Å². The van der Waals surface area contributed by atoms with E-state index >= 15 is 0 Å². The van der Waals surface area contributed by atoms with E-state index in [1.807, 2.05) is 27.7 Å². The van der Waals surface area contributed by atoms with Gasteiger partial charge in [0.1, 0.15) is 5.57 Å². The number of Topliss-reactive ketones (excluding diaryl/α,β-unsaturated/α-hetero) is 1. The summed E-state index contributed by atoms with van der Waals surface area (Å²) in [6, 6.07) is 0. The van der Waals surface area contributed by atoms with Crippen LogP contribution in [-0.4, -0.2) is 36.4 Å². The van der Waals surface area contributed by atoms with Crippen molar-refractivity contribution in [1.82, 2.24) is 0 Å². The first kappa shape index (κ1) is 17.9. The first-order valence-electron chi connectivity index (χ1n) is 7.95. The smallest absolute Gasteiger partial charge is 0.341 e. The van der Waals surface area contributed by atoms with Gasteiger partial charge in [0.15, 0.2) is 11.6 Å². The maximum absolute atomic E-state index is 12.0. The van der Waals surface area contributed by atoms with Gasteiger partial charge in [-0.05, 0) is 40.5 Å². The fourth-order valence-corrected chi connectivity index (χ4v) is 3.65. The highest BCUT2D eigenvalue weighted by Crippen LogP contribution is 2.43. The van der Waals surface area contributed by atoms with Crippen LogP contribution in [0.5, 0.6) is 0 Å². The molecule has 5 nitrogen and oxygen atoms in total. The van der Waals surface area contributed by atoms with Crippen molar-refractivity contribution in [3.05, 3.63) is 23.8 Å². The monoisotopic (exact) mass is 322 g/mol. The van der Waals surface area contributed by atoms with Crippen molar-refractivity contribution in [2.75, 3.05) is 7.11 Å². The van der Waals surface area contributed by atoms with E-state index in [-0.39, 0.29) is 23.4 Å². The molecule has 0 saturated carbocycles. The number of allylic oxidation sites excluding steroid dienone is 1. The Morgan fingerprint density at radius 3 is 2.57 bits per heavy atom. The van der Waals surface area contributed by atoms with Crippen LogP contribution in [0, 0.1) is 5.92 Å². The van der Waals surface area contributed by atoms with E-state index in [1.165, 1.54) is 7.11 Å². The Balaban J connectivity index is 2.33. The molecule has 1 heterocycles. The maximum Gasteiger partial charge on any atom is 0.341 e. The van der Waals surface area contributed by atoms with Gasteiger partial charge in [-0.15, -0.1) is 6.58 Å². The molecule has 0 bridgehead atoms. The van der Waals surface area contributed by atoms with Crippen LogP contribution in [0.4, 0.5) is 0 Å². The van der Waals surface area contributed by atoms with Crippen LogP contribution in [0.15, 0.2) is 23.8 Å². The predicted molar refractivity (Wildman–Crippen MR) is 85.7 cm³/mol. The quantitative estimate of drug-likeness (QED) is 0.452. The van der Waals surface area contributed by atoms with Crippen LogP contribution < -0.4 is 0 Å². The molecule has 0 aromatic carbocycles. The number of ether oxygens (including phenoxy) is 3. The van der Waals surface area contributed by atoms with Gasteiger partial charge in [-0.1, -0.05) is 11.6 Å². The summed E-state index contributed by atoms with van der Waals surface area (Å²) in [6.45, 7) is 11.6. The molecule has 5 heteroatoms. The molecule has 1 aliphatic heterocycles. The first-order chi connectivity index (χ1) is 10.6. The number of esters is 1. The second-order valence-corrected chi connectivity index (χ2v) is 7.13. The highest BCUT2D eigenvalue weighted by Gasteiger charge is 2.48. The number of rotatable bonds is 4. The van der Waals surface area contributed by atoms with Gasteiger partial charge >= 0.3 is 5.97 Å². The van der Waals surface area contributed by atoms with Gasteiger partial charge in [-0.25, -0.2) is 4.79 Å². The van der Waals surface area contributed by atoms with Gasteiger partial charge < -0.3 is 14.2 Å². The summed E-state index contributed by atoms with van der Waals surface area (Å²) < 4.78 is 16.8. The van der Waals surface area contributed by atoms with E-state index in [0.29, 0.717) is 19.3 Å². The van der Waals surface area contributed by atoms with E-state index in [1.54, 1.807) is 6.08 Å². The maximum atomic E-state index is 12.0. The van der Waals surface area contributed by atoms with Crippen LogP contribution in [0.1, 0.15) is 47.0 Å². The number of methoxy groups -OCH3 is 1. The normalized spacial score (nSPS) is 29.5. The molecule has 0 aromatic rings. The Kier molecular flexibility index (Phi) is 4.83. The lowest BCUT2D eigenvalue weighted by Crippen LogP contribution is -2.55. The summed E-state index contributed by atoms with van der Waals surface area (Å²) in [4.78, 5) is 23.9. The average molecular weight is 322 g/mol. The molecule has 2 atom stereocenters. The van der Waals surface area contributed by atoms with Crippen LogP contribution >= 0.6 is 0 Å². The van der Waals surface area contributed by atoms with Gasteiger partial charge in [0, 0.05) is 12.3 Å². The molecule has 0 spiro atoms. The van der Waals surface area contributed by atoms with Crippen LogP contribution in [0.3, 0.4) is 0 Å². The standard InChI is InChI=1S/C18H26O5/c1-7-14-12(17(2,3)23-18(4,5)22-14)10-11-8-9-13(19)15(11)16(20)21-6/h7,12,14H,1,8-10H2,2-6H3/t12-,14-/m0/s1. The van der Waals surface area contributed by atoms with Crippen molar-refractivity contribution in [2.45, 2.75) is 64.4 Å².